The van der Waals surface area contributed by atoms with E-state index in [1.54, 1.807) is 24.4 Å². The lowest BCUT2D eigenvalue weighted by Crippen LogP contribution is -2.52. The summed E-state index contributed by atoms with van der Waals surface area (Å²) in [5.74, 6) is 1.80. The second-order valence-corrected chi connectivity index (χ2v) is 7.59. The third-order valence-electron chi connectivity index (χ3n) is 5.61. The third kappa shape index (κ3) is 6.13. The summed E-state index contributed by atoms with van der Waals surface area (Å²) >= 11 is 0. The van der Waals surface area contributed by atoms with E-state index in [0.717, 1.165) is 5.56 Å². The van der Waals surface area contributed by atoms with Crippen LogP contribution in [0.2, 0.25) is 0 Å². The summed E-state index contributed by atoms with van der Waals surface area (Å²) in [6, 6.07) is -0.630. The molecule has 11 heteroatoms. The second-order valence-electron chi connectivity index (χ2n) is 7.59. The number of anilines is 1. The first-order valence-corrected chi connectivity index (χ1v) is 11.4. The molecule has 190 valence electrons. The fourth-order valence-corrected chi connectivity index (χ4v) is 3.71. The first-order valence-electron chi connectivity index (χ1n) is 11.4. The maximum absolute atomic E-state index is 13.3. The van der Waals surface area contributed by atoms with Crippen LogP contribution in [0.5, 0.6) is 0 Å². The molecule has 36 heavy (non-hydrogen) atoms. The Bertz CT molecular complexity index is 1160. The van der Waals surface area contributed by atoms with Gasteiger partial charge in [-0.1, -0.05) is 0 Å². The van der Waals surface area contributed by atoms with E-state index in [4.69, 9.17) is 14.5 Å². The van der Waals surface area contributed by atoms with Gasteiger partial charge in [0, 0.05) is 39.1 Å². The summed E-state index contributed by atoms with van der Waals surface area (Å²) in [6.07, 6.45) is 20.6. The zero-order valence-corrected chi connectivity index (χ0v) is 21.1. The number of aromatic nitrogens is 6. The topological polar surface area (TPSA) is 120 Å². The van der Waals surface area contributed by atoms with E-state index in [1.807, 2.05) is 25.3 Å². The monoisotopic (exact) mass is 492 g/mol. The molecule has 0 spiro atoms. The van der Waals surface area contributed by atoms with E-state index in [2.05, 4.69) is 50.9 Å². The van der Waals surface area contributed by atoms with Crippen molar-refractivity contribution >= 4 is 22.9 Å². The Morgan fingerprint density at radius 3 is 2.36 bits per heavy atom. The minimum Gasteiger partial charge on any atom is -0.379 e. The van der Waals surface area contributed by atoms with Crippen molar-refractivity contribution in [2.45, 2.75) is 39.5 Å². The average Bonchev–Trinajstić information content (AvgIpc) is 3.33. The number of methoxy groups -OCH3 is 1. The lowest BCUT2D eigenvalue weighted by Gasteiger charge is -2.32. The molecule has 0 aliphatic carbocycles. The Hall–Kier alpha value is -4.06. The highest BCUT2D eigenvalue weighted by molar-refractivity contribution is 5.90. The van der Waals surface area contributed by atoms with Crippen LogP contribution in [-0.4, -0.2) is 85.9 Å². The Morgan fingerprint density at radius 1 is 1.14 bits per heavy atom. The van der Waals surface area contributed by atoms with Crippen LogP contribution in [0.3, 0.4) is 0 Å². The van der Waals surface area contributed by atoms with E-state index < -0.39 is 6.04 Å². The number of nitrogens with zero attached hydrogens (tertiary/aromatic N) is 7. The van der Waals surface area contributed by atoms with Crippen molar-refractivity contribution in [1.29, 1.82) is 0 Å². The van der Waals surface area contributed by atoms with Crippen molar-refractivity contribution in [2.75, 3.05) is 38.7 Å². The number of aryl methyl sites for hydroxylation is 2. The van der Waals surface area contributed by atoms with Crippen LogP contribution in [0.1, 0.15) is 19.7 Å². The summed E-state index contributed by atoms with van der Waals surface area (Å²) in [5, 5.41) is 3.28. The lowest BCUT2D eigenvalue weighted by molar-refractivity contribution is -0.138. The average molecular weight is 493 g/mol. The predicted octanol–water partition coefficient (Wildman–Crippen LogP) is 1.78. The molecule has 0 saturated carbocycles. The number of nitrogens with one attached hydrogen (secondary N) is 1. The summed E-state index contributed by atoms with van der Waals surface area (Å²) < 4.78 is 12.9. The molecule has 2 atom stereocenters. The number of hydrogen-bond donors (Lipinski definition) is 1. The normalized spacial score (nSPS) is 14.5. The van der Waals surface area contributed by atoms with Crippen LogP contribution in [0, 0.1) is 32.6 Å². The minimum atomic E-state index is -0.630. The second kappa shape index (κ2) is 13.7. The van der Waals surface area contributed by atoms with Gasteiger partial charge in [0.2, 0.25) is 5.91 Å². The van der Waals surface area contributed by atoms with Crippen molar-refractivity contribution in [3.05, 3.63) is 24.5 Å². The molecule has 4 rings (SSSR count). The number of carbonyl (C=O) groups excluding carboxylic acids is 1. The maximum atomic E-state index is 13.3. The van der Waals surface area contributed by atoms with Gasteiger partial charge in [0.15, 0.2) is 17.0 Å². The highest BCUT2D eigenvalue weighted by Gasteiger charge is 2.32. The fourth-order valence-electron chi connectivity index (χ4n) is 3.71. The van der Waals surface area contributed by atoms with Gasteiger partial charge >= 0.3 is 0 Å². The molecule has 1 fully saturated rings. The molecule has 11 nitrogen and oxygen atoms in total. The number of hydrogen-bond acceptors (Lipinski definition) is 9. The zero-order valence-electron chi connectivity index (χ0n) is 21.1. The van der Waals surface area contributed by atoms with Crippen molar-refractivity contribution in [2.24, 2.45) is 0 Å². The SMILES string of the molecule is C#C.C#C.CCn1c(-c2cnc(C)nc2)nc2c(N[C@H](C(=O)N3CCOCC3)[C@@H](C)OC)ncnc21. The highest BCUT2D eigenvalue weighted by atomic mass is 16.5. The Morgan fingerprint density at radius 2 is 1.78 bits per heavy atom. The Balaban J connectivity index is 0.00000109. The number of imidazole rings is 1. The van der Waals surface area contributed by atoms with Gasteiger partial charge in [-0.3, -0.25) is 4.79 Å². The first kappa shape index (κ1) is 28.2. The van der Waals surface area contributed by atoms with E-state index in [9.17, 15) is 4.79 Å². The van der Waals surface area contributed by atoms with Crippen molar-refractivity contribution in [1.82, 2.24) is 34.4 Å². The van der Waals surface area contributed by atoms with E-state index in [1.165, 1.54) is 6.33 Å². The molecule has 1 amide bonds. The lowest BCUT2D eigenvalue weighted by atomic mass is 10.1. The number of carbonyl (C=O) groups is 1. The Labute approximate surface area is 211 Å². The van der Waals surface area contributed by atoms with Crippen LogP contribution in [0.15, 0.2) is 18.7 Å². The number of rotatable bonds is 7. The first-order chi connectivity index (χ1) is 17.5. The number of amides is 1. The van der Waals surface area contributed by atoms with Crippen LogP contribution in [0.4, 0.5) is 5.82 Å². The van der Waals surface area contributed by atoms with Crippen LogP contribution >= 0.6 is 0 Å². The summed E-state index contributed by atoms with van der Waals surface area (Å²) in [5.41, 5.74) is 2.03. The van der Waals surface area contributed by atoms with E-state index in [-0.39, 0.29) is 12.0 Å². The third-order valence-corrected chi connectivity index (χ3v) is 5.61. The zero-order chi connectivity index (χ0) is 26.7. The van der Waals surface area contributed by atoms with Crippen molar-refractivity contribution < 1.29 is 14.3 Å². The van der Waals surface area contributed by atoms with Gasteiger partial charge in [0.05, 0.1) is 24.9 Å². The van der Waals surface area contributed by atoms with Crippen LogP contribution in [0.25, 0.3) is 22.6 Å². The quantitative estimate of drug-likeness (QED) is 0.492. The van der Waals surface area contributed by atoms with E-state index >= 15 is 0 Å². The van der Waals surface area contributed by atoms with Gasteiger partial charge in [-0.25, -0.2) is 24.9 Å². The molecule has 3 aromatic rings. The predicted molar refractivity (Wildman–Crippen MR) is 138 cm³/mol. The molecule has 0 bridgehead atoms. The smallest absolute Gasteiger partial charge is 0.247 e. The largest absolute Gasteiger partial charge is 0.379 e. The van der Waals surface area contributed by atoms with E-state index in [0.29, 0.717) is 61.5 Å². The molecule has 1 N–H and O–H groups in total. The molecule has 1 aliphatic heterocycles. The van der Waals surface area contributed by atoms with Crippen LogP contribution < -0.4 is 5.32 Å². The highest BCUT2D eigenvalue weighted by Crippen LogP contribution is 2.27. The molecule has 1 saturated heterocycles. The summed E-state index contributed by atoms with van der Waals surface area (Å²) in [4.78, 5) is 37.3. The van der Waals surface area contributed by atoms with Gasteiger partial charge < -0.3 is 24.3 Å². The molecular weight excluding hydrogens is 460 g/mol. The molecule has 0 radical (unpaired) electrons. The van der Waals surface area contributed by atoms with Gasteiger partial charge in [-0.05, 0) is 20.8 Å². The Kier molecular flexibility index (Phi) is 10.7. The summed E-state index contributed by atoms with van der Waals surface area (Å²) in [6.45, 7) is 8.52. The molecule has 0 unspecified atom stereocenters. The van der Waals surface area contributed by atoms with Gasteiger partial charge in [-0.2, -0.15) is 0 Å². The molecule has 4 heterocycles. The maximum Gasteiger partial charge on any atom is 0.247 e. The van der Waals surface area contributed by atoms with Gasteiger partial charge in [-0.15, -0.1) is 25.7 Å². The van der Waals surface area contributed by atoms with Crippen LogP contribution in [-0.2, 0) is 20.8 Å². The molecule has 0 aromatic carbocycles. The minimum absolute atomic E-state index is 0.0588. The molecule has 1 aliphatic rings. The number of terminal acetylenes is 2. The molecule has 3 aromatic heterocycles. The molecular formula is C25H32N8O3. The number of morpholine rings is 1. The van der Waals surface area contributed by atoms with Crippen molar-refractivity contribution in [3.8, 4) is 37.1 Å². The van der Waals surface area contributed by atoms with Gasteiger partial charge in [0.25, 0.3) is 0 Å². The van der Waals surface area contributed by atoms with Gasteiger partial charge in [0.1, 0.15) is 24.0 Å². The number of fused-ring (bicyclic) bond motifs is 1. The number of ether oxygens (including phenoxy) is 2. The summed E-state index contributed by atoms with van der Waals surface area (Å²) in [7, 11) is 1.59. The standard InChI is InChI=1S/C21H28N8O3.2C2H2/c1-5-29-19(15-10-22-14(3)23-11-15)27-17-18(24-12-25-20(17)29)26-16(13(2)31-4)21(30)28-6-8-32-9-7-28;2*1-2/h10-13,16H,5-9H2,1-4H3,(H,24,25,26);2*1-2H/t13-,16+;;/m1../s1. The fraction of sp³-hybridized carbons (Fsp3) is 0.440. The van der Waals surface area contributed by atoms with Crippen molar-refractivity contribution in [3.63, 3.8) is 0 Å².